The zero-order chi connectivity index (χ0) is 6.69. The van der Waals surface area contributed by atoms with Crippen molar-refractivity contribution in [2.24, 2.45) is 0 Å². The van der Waals surface area contributed by atoms with Gasteiger partial charge in [-0.15, -0.1) is 10.2 Å². The topological polar surface area (TPSA) is 59.2 Å². The highest BCUT2D eigenvalue weighted by atomic mass is 32.2. The molecule has 1 heterocycles. The van der Waals surface area contributed by atoms with Crippen LogP contribution in [0.2, 0.25) is 0 Å². The molecule has 1 radical (unpaired) electrons. The van der Waals surface area contributed by atoms with Gasteiger partial charge in [-0.1, -0.05) is 11.8 Å². The monoisotopic (exact) mass is 145 g/mol. The predicted octanol–water partition coefficient (Wildman–Crippen LogP) is 0.446. The van der Waals surface area contributed by atoms with Crippen LogP contribution in [0.3, 0.4) is 0 Å². The van der Waals surface area contributed by atoms with Crippen LogP contribution in [-0.4, -0.2) is 15.3 Å². The van der Waals surface area contributed by atoms with Crippen molar-refractivity contribution >= 4 is 11.8 Å². The number of rotatable bonds is 2. The number of aromatic nitrogens is 2. The first-order chi connectivity index (χ1) is 4.36. The molecule has 0 saturated carbocycles. The van der Waals surface area contributed by atoms with Crippen molar-refractivity contribution in [3.05, 3.63) is 12.1 Å². The summed E-state index contributed by atoms with van der Waals surface area (Å²) in [5, 5.41) is 15.8. The van der Waals surface area contributed by atoms with Crippen LogP contribution in [-0.2, 0) is 6.61 Å². The number of hydrogen-bond acceptors (Lipinski definition) is 5. The lowest BCUT2D eigenvalue weighted by Crippen LogP contribution is -1.79. The molecule has 5 heteroatoms. The molecule has 4 nitrogen and oxygen atoms in total. The van der Waals surface area contributed by atoms with Crippen molar-refractivity contribution < 1.29 is 9.52 Å². The molecule has 0 aliphatic carbocycles. The molecule has 0 unspecified atom stereocenters. The molecule has 1 rings (SSSR count). The number of nitrogens with zero attached hydrogens (tertiary/aromatic N) is 2. The summed E-state index contributed by atoms with van der Waals surface area (Å²) in [6.07, 6.45) is 3.44. The van der Waals surface area contributed by atoms with Crippen molar-refractivity contribution in [2.75, 3.05) is 0 Å². The van der Waals surface area contributed by atoms with Crippen LogP contribution in [0, 0.1) is 6.26 Å². The minimum atomic E-state index is -0.215. The highest BCUT2D eigenvalue weighted by molar-refractivity contribution is 8.00. The van der Waals surface area contributed by atoms with E-state index in [4.69, 9.17) is 9.52 Å². The minimum Gasteiger partial charge on any atom is -0.413 e. The molecule has 0 fully saturated rings. The first kappa shape index (κ1) is 6.57. The second-order valence-corrected chi connectivity index (χ2v) is 1.90. The summed E-state index contributed by atoms with van der Waals surface area (Å²) in [6, 6.07) is 0. The molecule has 0 aliphatic rings. The van der Waals surface area contributed by atoms with Crippen LogP contribution < -0.4 is 0 Å². The molecule has 0 bridgehead atoms. The number of hydrogen-bond donors (Lipinski definition) is 1. The fraction of sp³-hybridized carbons (Fsp3) is 0.250. The standard InChI is InChI=1S/C4H5N2O2S/c1-9-4-6-5-3(2-7)8-4/h7H,1-2H2. The Morgan fingerprint density at radius 3 is 2.78 bits per heavy atom. The zero-order valence-corrected chi connectivity index (χ0v) is 5.39. The summed E-state index contributed by atoms with van der Waals surface area (Å²) in [5.41, 5.74) is 0. The number of aliphatic hydroxyl groups excluding tert-OH is 1. The second kappa shape index (κ2) is 2.84. The van der Waals surface area contributed by atoms with Gasteiger partial charge >= 0.3 is 0 Å². The Morgan fingerprint density at radius 2 is 2.44 bits per heavy atom. The molecule has 49 valence electrons. The van der Waals surface area contributed by atoms with Gasteiger partial charge in [-0.2, -0.15) is 0 Å². The molecule has 1 aromatic rings. The molecular formula is C4H5N2O2S. The quantitative estimate of drug-likeness (QED) is 0.612. The lowest BCUT2D eigenvalue weighted by atomic mass is 10.7. The molecule has 0 aliphatic heterocycles. The van der Waals surface area contributed by atoms with Gasteiger partial charge in [0.2, 0.25) is 5.89 Å². The normalized spacial score (nSPS) is 10.0. The first-order valence-electron chi connectivity index (χ1n) is 2.22. The van der Waals surface area contributed by atoms with E-state index in [0.717, 1.165) is 11.8 Å². The maximum absolute atomic E-state index is 8.42. The van der Waals surface area contributed by atoms with Crippen molar-refractivity contribution in [3.8, 4) is 0 Å². The average Bonchev–Trinajstić information content (AvgIpc) is 2.34. The molecule has 1 N–H and O–H groups in total. The smallest absolute Gasteiger partial charge is 0.276 e. The summed E-state index contributed by atoms with van der Waals surface area (Å²) in [7, 11) is 0. The lowest BCUT2D eigenvalue weighted by molar-refractivity contribution is 0.230. The SMILES string of the molecule is [CH2]Sc1nnc(CO)o1. The average molecular weight is 145 g/mol. The summed E-state index contributed by atoms with van der Waals surface area (Å²) < 4.78 is 4.81. The van der Waals surface area contributed by atoms with E-state index in [1.807, 2.05) is 0 Å². The molecule has 0 saturated heterocycles. The molecule has 9 heavy (non-hydrogen) atoms. The summed E-state index contributed by atoms with van der Waals surface area (Å²) >= 11 is 1.10. The zero-order valence-electron chi connectivity index (χ0n) is 4.57. The summed E-state index contributed by atoms with van der Waals surface area (Å²) in [4.78, 5) is 0. The summed E-state index contributed by atoms with van der Waals surface area (Å²) in [6.45, 7) is -0.215. The van der Waals surface area contributed by atoms with Gasteiger partial charge in [0.05, 0.1) is 0 Å². The van der Waals surface area contributed by atoms with E-state index in [0.29, 0.717) is 5.22 Å². The van der Waals surface area contributed by atoms with Gasteiger partial charge in [-0.3, -0.25) is 0 Å². The second-order valence-electron chi connectivity index (χ2n) is 1.26. The van der Waals surface area contributed by atoms with Gasteiger partial charge in [-0.25, -0.2) is 0 Å². The fourth-order valence-corrected chi connectivity index (χ4v) is 0.614. The van der Waals surface area contributed by atoms with E-state index < -0.39 is 0 Å². The minimum absolute atomic E-state index is 0.215. The van der Waals surface area contributed by atoms with Crippen molar-refractivity contribution in [1.82, 2.24) is 10.2 Å². The molecule has 0 aromatic carbocycles. The van der Waals surface area contributed by atoms with Crippen molar-refractivity contribution in [2.45, 2.75) is 11.8 Å². The number of thioether (sulfide) groups is 1. The van der Waals surface area contributed by atoms with Gasteiger partial charge in [0.1, 0.15) is 6.61 Å². The van der Waals surface area contributed by atoms with Crippen LogP contribution in [0.4, 0.5) is 0 Å². The Balaban J connectivity index is 2.74. The molecule has 0 spiro atoms. The van der Waals surface area contributed by atoms with E-state index in [1.165, 1.54) is 0 Å². The number of aliphatic hydroxyl groups is 1. The Labute approximate surface area is 56.3 Å². The molecular weight excluding hydrogens is 140 g/mol. The van der Waals surface area contributed by atoms with Crippen molar-refractivity contribution in [3.63, 3.8) is 0 Å². The molecule has 0 atom stereocenters. The van der Waals surface area contributed by atoms with E-state index in [9.17, 15) is 0 Å². The maximum Gasteiger partial charge on any atom is 0.276 e. The van der Waals surface area contributed by atoms with E-state index in [1.54, 1.807) is 0 Å². The van der Waals surface area contributed by atoms with Gasteiger partial charge in [0.25, 0.3) is 5.22 Å². The highest BCUT2D eigenvalue weighted by Gasteiger charge is 2.00. The summed E-state index contributed by atoms with van der Waals surface area (Å²) in [5.74, 6) is 0.223. The Kier molecular flexibility index (Phi) is 2.07. The van der Waals surface area contributed by atoms with Crippen LogP contribution in [0.25, 0.3) is 0 Å². The fourth-order valence-electron chi connectivity index (χ4n) is 0.360. The Hall–Kier alpha value is -0.550. The first-order valence-corrected chi connectivity index (χ1v) is 3.20. The van der Waals surface area contributed by atoms with Crippen LogP contribution in [0.1, 0.15) is 5.89 Å². The van der Waals surface area contributed by atoms with E-state index in [2.05, 4.69) is 16.5 Å². The van der Waals surface area contributed by atoms with Crippen LogP contribution in [0.15, 0.2) is 9.64 Å². The van der Waals surface area contributed by atoms with Gasteiger partial charge in [0.15, 0.2) is 0 Å². The third-order valence-corrected chi connectivity index (χ3v) is 1.12. The van der Waals surface area contributed by atoms with Crippen LogP contribution >= 0.6 is 11.8 Å². The van der Waals surface area contributed by atoms with Crippen LogP contribution in [0.5, 0.6) is 0 Å². The van der Waals surface area contributed by atoms with E-state index in [-0.39, 0.29) is 12.5 Å². The predicted molar refractivity (Wildman–Crippen MR) is 31.4 cm³/mol. The highest BCUT2D eigenvalue weighted by Crippen LogP contribution is 2.12. The van der Waals surface area contributed by atoms with Gasteiger partial charge in [-0.05, 0) is 0 Å². The molecule has 0 amide bonds. The molecule has 1 aromatic heterocycles. The van der Waals surface area contributed by atoms with Crippen molar-refractivity contribution in [1.29, 1.82) is 0 Å². The van der Waals surface area contributed by atoms with Gasteiger partial charge < -0.3 is 9.52 Å². The Bertz CT molecular complexity index is 170. The van der Waals surface area contributed by atoms with E-state index >= 15 is 0 Å². The maximum atomic E-state index is 8.42. The third kappa shape index (κ3) is 1.43. The third-order valence-electron chi connectivity index (χ3n) is 0.707. The van der Waals surface area contributed by atoms with Gasteiger partial charge in [0, 0.05) is 6.26 Å². The lowest BCUT2D eigenvalue weighted by Gasteiger charge is -1.80. The largest absolute Gasteiger partial charge is 0.413 e. The Morgan fingerprint density at radius 1 is 1.67 bits per heavy atom.